The highest BCUT2D eigenvalue weighted by molar-refractivity contribution is 7.90. The molecule has 0 saturated carbocycles. The molecule has 1 atom stereocenters. The average molecular weight is 281 g/mol. The van der Waals surface area contributed by atoms with Crippen LogP contribution in [0.3, 0.4) is 0 Å². The fourth-order valence-corrected chi connectivity index (χ4v) is 3.34. The Labute approximate surface area is 114 Å². The van der Waals surface area contributed by atoms with Gasteiger partial charge in [-0.1, -0.05) is 19.1 Å². The van der Waals surface area contributed by atoms with Gasteiger partial charge in [-0.15, -0.1) is 0 Å². The molecule has 0 saturated heterocycles. The fourth-order valence-electron chi connectivity index (χ4n) is 2.11. The number of nitrogens with two attached hydrogens (primary N) is 1. The third-order valence-corrected chi connectivity index (χ3v) is 4.89. The van der Waals surface area contributed by atoms with Crippen LogP contribution >= 0.6 is 0 Å². The van der Waals surface area contributed by atoms with E-state index in [9.17, 15) is 8.42 Å². The van der Waals surface area contributed by atoms with Crippen molar-refractivity contribution in [3.05, 3.63) is 29.8 Å². The Morgan fingerprint density at radius 3 is 2.68 bits per heavy atom. The summed E-state index contributed by atoms with van der Waals surface area (Å²) in [6.07, 6.45) is 1.52. The van der Waals surface area contributed by atoms with E-state index in [0.717, 1.165) is 12.8 Å². The normalized spacial score (nSPS) is 21.7. The van der Waals surface area contributed by atoms with Crippen LogP contribution in [0.4, 0.5) is 0 Å². The molecule has 0 spiro atoms. The fraction of sp³-hybridized carbons (Fsp3) is 0.462. The van der Waals surface area contributed by atoms with Crippen molar-refractivity contribution in [3.63, 3.8) is 0 Å². The minimum atomic E-state index is -3.46. The maximum Gasteiger partial charge on any atom is 0.263 e. The Morgan fingerprint density at radius 2 is 2.05 bits per heavy atom. The van der Waals surface area contributed by atoms with Gasteiger partial charge in [0, 0.05) is 5.56 Å². The second-order valence-electron chi connectivity index (χ2n) is 4.95. The van der Waals surface area contributed by atoms with E-state index in [-0.39, 0.29) is 5.54 Å². The molecule has 5 nitrogen and oxygen atoms in total. The number of amidine groups is 1. The maximum atomic E-state index is 12.0. The Kier molecular flexibility index (Phi) is 3.64. The molecule has 0 radical (unpaired) electrons. The Hall–Kier alpha value is -1.40. The maximum absolute atomic E-state index is 12.0. The van der Waals surface area contributed by atoms with Gasteiger partial charge in [-0.2, -0.15) is 0 Å². The third-order valence-electron chi connectivity index (χ3n) is 3.49. The number of hydrogen-bond acceptors (Lipinski definition) is 4. The number of nitrogens with one attached hydrogen (secondary N) is 1. The van der Waals surface area contributed by atoms with Gasteiger partial charge in [-0.05, 0) is 38.4 Å². The lowest BCUT2D eigenvalue weighted by molar-refractivity contribution is 0.427. The molecule has 1 aromatic carbocycles. The summed E-state index contributed by atoms with van der Waals surface area (Å²) >= 11 is 0. The standard InChI is InChI=1S/C13H19N3O2S/c1-3-13(2,8-9-14)15-12-10-6-4-5-7-11(10)19(17,18)16-12/h4-7H,3,8-9,14H2,1-2H3,(H,15,16). The van der Waals surface area contributed by atoms with Gasteiger partial charge in [-0.25, -0.2) is 8.42 Å². The lowest BCUT2D eigenvalue weighted by atomic mass is 9.95. The summed E-state index contributed by atoms with van der Waals surface area (Å²) in [7, 11) is -3.46. The monoisotopic (exact) mass is 281 g/mol. The van der Waals surface area contributed by atoms with Crippen LogP contribution in [0.1, 0.15) is 32.3 Å². The quantitative estimate of drug-likeness (QED) is 0.871. The minimum Gasteiger partial charge on any atom is -0.330 e. The van der Waals surface area contributed by atoms with E-state index < -0.39 is 10.0 Å². The van der Waals surface area contributed by atoms with E-state index in [0.29, 0.717) is 22.8 Å². The molecule has 0 bridgehead atoms. The van der Waals surface area contributed by atoms with E-state index in [1.54, 1.807) is 18.2 Å². The van der Waals surface area contributed by atoms with Gasteiger partial charge in [0.2, 0.25) is 0 Å². The largest absolute Gasteiger partial charge is 0.330 e. The molecule has 6 heteroatoms. The molecule has 0 fully saturated rings. The van der Waals surface area contributed by atoms with Crippen molar-refractivity contribution in [3.8, 4) is 0 Å². The highest BCUT2D eigenvalue weighted by atomic mass is 32.2. The SMILES string of the molecule is CCC(C)(CCN)N=C1NS(=O)(=O)c2ccccc21. The van der Waals surface area contributed by atoms with Crippen molar-refractivity contribution in [1.29, 1.82) is 0 Å². The van der Waals surface area contributed by atoms with Crippen LogP contribution in [-0.4, -0.2) is 26.3 Å². The van der Waals surface area contributed by atoms with Crippen molar-refractivity contribution >= 4 is 15.9 Å². The Bertz CT molecular complexity index is 610. The zero-order valence-corrected chi connectivity index (χ0v) is 12.0. The van der Waals surface area contributed by atoms with Crippen molar-refractivity contribution in [2.75, 3.05) is 6.54 Å². The molecular weight excluding hydrogens is 262 g/mol. The van der Waals surface area contributed by atoms with Gasteiger partial charge in [0.25, 0.3) is 10.0 Å². The predicted molar refractivity (Wildman–Crippen MR) is 75.7 cm³/mol. The summed E-state index contributed by atoms with van der Waals surface area (Å²) in [5.41, 5.74) is 5.90. The molecule has 0 amide bonds. The summed E-state index contributed by atoms with van der Waals surface area (Å²) in [5, 5.41) is 0. The Morgan fingerprint density at radius 1 is 1.37 bits per heavy atom. The number of rotatable bonds is 4. The van der Waals surface area contributed by atoms with Gasteiger partial charge >= 0.3 is 0 Å². The van der Waals surface area contributed by atoms with Gasteiger partial charge < -0.3 is 5.73 Å². The number of benzene rings is 1. The molecule has 1 unspecified atom stereocenters. The number of nitrogens with zero attached hydrogens (tertiary/aromatic N) is 1. The van der Waals surface area contributed by atoms with Crippen LogP contribution in [0.5, 0.6) is 0 Å². The summed E-state index contributed by atoms with van der Waals surface area (Å²) in [6.45, 7) is 4.53. The summed E-state index contributed by atoms with van der Waals surface area (Å²) < 4.78 is 26.5. The number of sulfonamides is 1. The highest BCUT2D eigenvalue weighted by Crippen LogP contribution is 2.26. The van der Waals surface area contributed by atoms with Gasteiger partial charge in [0.15, 0.2) is 0 Å². The minimum absolute atomic E-state index is 0.292. The van der Waals surface area contributed by atoms with E-state index >= 15 is 0 Å². The van der Waals surface area contributed by atoms with Crippen LogP contribution in [0.2, 0.25) is 0 Å². The van der Waals surface area contributed by atoms with Gasteiger partial charge in [0.1, 0.15) is 5.84 Å². The van der Waals surface area contributed by atoms with E-state index in [4.69, 9.17) is 5.73 Å². The molecule has 19 heavy (non-hydrogen) atoms. The van der Waals surface area contributed by atoms with Crippen LogP contribution in [-0.2, 0) is 10.0 Å². The predicted octanol–water partition coefficient (Wildman–Crippen LogP) is 1.24. The zero-order chi connectivity index (χ0) is 14.1. The van der Waals surface area contributed by atoms with Crippen LogP contribution in [0, 0.1) is 0 Å². The van der Waals surface area contributed by atoms with Gasteiger partial charge in [-0.3, -0.25) is 9.71 Å². The average Bonchev–Trinajstić information content (AvgIpc) is 2.62. The Balaban J connectivity index is 2.49. The van der Waals surface area contributed by atoms with Gasteiger partial charge in [0.05, 0.1) is 10.4 Å². The van der Waals surface area contributed by atoms with Crippen molar-refractivity contribution in [2.45, 2.75) is 37.1 Å². The smallest absolute Gasteiger partial charge is 0.263 e. The lowest BCUT2D eigenvalue weighted by Crippen LogP contribution is -2.31. The van der Waals surface area contributed by atoms with Crippen molar-refractivity contribution in [1.82, 2.24) is 4.72 Å². The molecule has 3 N–H and O–H groups in total. The molecular formula is C13H19N3O2S. The number of fused-ring (bicyclic) bond motifs is 1. The third kappa shape index (κ3) is 2.64. The topological polar surface area (TPSA) is 84.5 Å². The zero-order valence-electron chi connectivity index (χ0n) is 11.2. The van der Waals surface area contributed by atoms with Crippen LogP contribution in [0.15, 0.2) is 34.2 Å². The lowest BCUT2D eigenvalue weighted by Gasteiger charge is -2.23. The summed E-state index contributed by atoms with van der Waals surface area (Å²) in [5.74, 6) is 0.424. The van der Waals surface area contributed by atoms with E-state index in [2.05, 4.69) is 9.71 Å². The molecule has 1 aliphatic rings. The molecule has 0 aromatic heterocycles. The number of hydrogen-bond donors (Lipinski definition) is 2. The first-order valence-corrected chi connectivity index (χ1v) is 7.82. The molecule has 104 valence electrons. The summed E-state index contributed by atoms with van der Waals surface area (Å²) in [4.78, 5) is 4.89. The molecule has 0 aliphatic carbocycles. The molecule has 2 rings (SSSR count). The first-order valence-electron chi connectivity index (χ1n) is 6.34. The first-order chi connectivity index (χ1) is 8.92. The summed E-state index contributed by atoms with van der Waals surface area (Å²) in [6, 6.07) is 6.87. The molecule has 1 heterocycles. The molecule has 1 aliphatic heterocycles. The second-order valence-corrected chi connectivity index (χ2v) is 6.60. The van der Waals surface area contributed by atoms with E-state index in [1.165, 1.54) is 0 Å². The first kappa shape index (κ1) is 14.0. The number of aliphatic imine (C=N–C) groups is 1. The van der Waals surface area contributed by atoms with Crippen molar-refractivity contribution in [2.24, 2.45) is 10.7 Å². The van der Waals surface area contributed by atoms with Crippen LogP contribution in [0.25, 0.3) is 0 Å². The molecule has 1 aromatic rings. The van der Waals surface area contributed by atoms with Crippen LogP contribution < -0.4 is 10.5 Å². The van der Waals surface area contributed by atoms with E-state index in [1.807, 2.05) is 19.9 Å². The second kappa shape index (κ2) is 4.94. The highest BCUT2D eigenvalue weighted by Gasteiger charge is 2.32. The van der Waals surface area contributed by atoms with Crippen molar-refractivity contribution < 1.29 is 8.42 Å².